The largest absolute Gasteiger partial charge is 0.355 e. The average molecular weight is 366 g/mol. The minimum absolute atomic E-state index is 0.00986. The summed E-state index contributed by atoms with van der Waals surface area (Å²) < 4.78 is 1.25. The molecule has 0 bridgehead atoms. The molecule has 1 aliphatic heterocycles. The van der Waals surface area contributed by atoms with Gasteiger partial charge in [0.1, 0.15) is 5.82 Å². The molecule has 0 saturated carbocycles. The first kappa shape index (κ1) is 17.0. The Morgan fingerprint density at radius 1 is 1.31 bits per heavy atom. The summed E-state index contributed by atoms with van der Waals surface area (Å²) >= 11 is 1.73. The molecule has 2 aromatic heterocycles. The number of nitrogens with zero attached hydrogens (tertiary/aromatic N) is 2. The lowest BCUT2D eigenvalue weighted by Gasteiger charge is -2.33. The molecule has 4 nitrogen and oxygen atoms in total. The van der Waals surface area contributed by atoms with Crippen molar-refractivity contribution in [1.82, 2.24) is 4.98 Å². The molecule has 1 aromatic carbocycles. The highest BCUT2D eigenvalue weighted by molar-refractivity contribution is 7.17. The van der Waals surface area contributed by atoms with E-state index in [0.717, 1.165) is 43.9 Å². The van der Waals surface area contributed by atoms with Crippen molar-refractivity contribution in [3.8, 4) is 0 Å². The van der Waals surface area contributed by atoms with Crippen molar-refractivity contribution in [2.75, 3.05) is 23.3 Å². The van der Waals surface area contributed by atoms with Crippen LogP contribution in [0.2, 0.25) is 0 Å². The number of hydrogen-bond acceptors (Lipinski definition) is 4. The molecule has 1 atom stereocenters. The van der Waals surface area contributed by atoms with Gasteiger partial charge < -0.3 is 10.2 Å². The SMILES string of the molecule is CCc1ccccc1NC(=O)C1CCCN(c2nccc3sccc23)C1. The number of fused-ring (bicyclic) bond motifs is 1. The van der Waals surface area contributed by atoms with Crippen molar-refractivity contribution < 1.29 is 4.79 Å². The molecule has 4 rings (SSSR count). The number of pyridine rings is 1. The van der Waals surface area contributed by atoms with Gasteiger partial charge in [-0.1, -0.05) is 25.1 Å². The maximum atomic E-state index is 12.9. The third kappa shape index (κ3) is 3.31. The van der Waals surface area contributed by atoms with Gasteiger partial charge in [0.05, 0.1) is 5.92 Å². The van der Waals surface area contributed by atoms with E-state index in [9.17, 15) is 4.79 Å². The quantitative estimate of drug-likeness (QED) is 0.728. The van der Waals surface area contributed by atoms with E-state index in [-0.39, 0.29) is 11.8 Å². The van der Waals surface area contributed by atoms with Gasteiger partial charge in [0, 0.05) is 35.1 Å². The van der Waals surface area contributed by atoms with Crippen LogP contribution in [0.1, 0.15) is 25.3 Å². The highest BCUT2D eigenvalue weighted by Gasteiger charge is 2.27. The molecule has 1 saturated heterocycles. The Kier molecular flexibility index (Phi) is 4.89. The molecule has 1 aliphatic rings. The van der Waals surface area contributed by atoms with Crippen LogP contribution in [0.15, 0.2) is 48.0 Å². The zero-order chi connectivity index (χ0) is 17.9. The van der Waals surface area contributed by atoms with Crippen molar-refractivity contribution in [3.63, 3.8) is 0 Å². The van der Waals surface area contributed by atoms with E-state index >= 15 is 0 Å². The van der Waals surface area contributed by atoms with E-state index in [2.05, 4.69) is 45.7 Å². The number of carbonyl (C=O) groups is 1. The molecule has 1 unspecified atom stereocenters. The lowest BCUT2D eigenvalue weighted by atomic mass is 9.96. The number of carbonyl (C=O) groups excluding carboxylic acids is 1. The van der Waals surface area contributed by atoms with Crippen LogP contribution in [0.4, 0.5) is 11.5 Å². The zero-order valence-electron chi connectivity index (χ0n) is 14.9. The second-order valence-corrected chi connectivity index (χ2v) is 7.70. The highest BCUT2D eigenvalue weighted by Crippen LogP contribution is 2.31. The molecule has 0 radical (unpaired) electrons. The Morgan fingerprint density at radius 2 is 2.19 bits per heavy atom. The van der Waals surface area contributed by atoms with Gasteiger partial charge in [-0.3, -0.25) is 4.79 Å². The summed E-state index contributed by atoms with van der Waals surface area (Å²) in [6.07, 6.45) is 4.72. The summed E-state index contributed by atoms with van der Waals surface area (Å²) in [5.41, 5.74) is 2.12. The monoisotopic (exact) mass is 365 g/mol. The van der Waals surface area contributed by atoms with Gasteiger partial charge in [0.2, 0.25) is 5.91 Å². The van der Waals surface area contributed by atoms with Crippen LogP contribution in [-0.4, -0.2) is 24.0 Å². The predicted octanol–water partition coefficient (Wildman–Crippen LogP) is 4.71. The highest BCUT2D eigenvalue weighted by atomic mass is 32.1. The fourth-order valence-corrected chi connectivity index (χ4v) is 4.48. The Hall–Kier alpha value is -2.40. The van der Waals surface area contributed by atoms with Crippen LogP contribution >= 0.6 is 11.3 Å². The lowest BCUT2D eigenvalue weighted by molar-refractivity contribution is -0.120. The molecule has 26 heavy (non-hydrogen) atoms. The fourth-order valence-electron chi connectivity index (χ4n) is 3.70. The Balaban J connectivity index is 1.51. The second-order valence-electron chi connectivity index (χ2n) is 6.75. The van der Waals surface area contributed by atoms with Crippen LogP contribution < -0.4 is 10.2 Å². The third-order valence-corrected chi connectivity index (χ3v) is 5.99. The van der Waals surface area contributed by atoms with Crippen molar-refractivity contribution in [1.29, 1.82) is 0 Å². The van der Waals surface area contributed by atoms with Crippen molar-refractivity contribution >= 4 is 38.8 Å². The van der Waals surface area contributed by atoms with Gasteiger partial charge in [-0.2, -0.15) is 0 Å². The minimum atomic E-state index is -0.00986. The molecule has 3 heterocycles. The second kappa shape index (κ2) is 7.46. The van der Waals surface area contributed by atoms with E-state index in [1.54, 1.807) is 11.3 Å². The van der Waals surface area contributed by atoms with Gasteiger partial charge in [0.25, 0.3) is 0 Å². The molecule has 1 amide bonds. The Labute approximate surface area is 157 Å². The number of amides is 1. The third-order valence-electron chi connectivity index (χ3n) is 5.11. The number of anilines is 2. The number of thiophene rings is 1. The summed E-state index contributed by atoms with van der Waals surface area (Å²) in [7, 11) is 0. The summed E-state index contributed by atoms with van der Waals surface area (Å²) in [6, 6.07) is 12.2. The van der Waals surface area contributed by atoms with Gasteiger partial charge in [-0.15, -0.1) is 11.3 Å². The Bertz CT molecular complexity index is 920. The van der Waals surface area contributed by atoms with Crippen LogP contribution in [0, 0.1) is 5.92 Å². The molecular weight excluding hydrogens is 342 g/mol. The number of hydrogen-bond donors (Lipinski definition) is 1. The van der Waals surface area contributed by atoms with Crippen molar-refractivity contribution in [3.05, 3.63) is 53.5 Å². The van der Waals surface area contributed by atoms with Crippen molar-refractivity contribution in [2.24, 2.45) is 5.92 Å². The first-order valence-corrected chi connectivity index (χ1v) is 10.1. The number of aromatic nitrogens is 1. The fraction of sp³-hybridized carbons (Fsp3) is 0.333. The lowest BCUT2D eigenvalue weighted by Crippen LogP contribution is -2.41. The van der Waals surface area contributed by atoms with E-state index in [0.29, 0.717) is 0 Å². The molecule has 134 valence electrons. The van der Waals surface area contributed by atoms with Gasteiger partial charge >= 0.3 is 0 Å². The summed E-state index contributed by atoms with van der Waals surface area (Å²) in [4.78, 5) is 19.8. The van der Waals surface area contributed by atoms with Gasteiger partial charge in [-0.25, -0.2) is 4.98 Å². The molecule has 5 heteroatoms. The van der Waals surface area contributed by atoms with E-state index in [4.69, 9.17) is 0 Å². The summed E-state index contributed by atoms with van der Waals surface area (Å²) in [5, 5.41) is 6.44. The summed E-state index contributed by atoms with van der Waals surface area (Å²) in [5.74, 6) is 1.12. The molecule has 1 N–H and O–H groups in total. The maximum absolute atomic E-state index is 12.9. The molecule has 0 aliphatic carbocycles. The van der Waals surface area contributed by atoms with Crippen LogP contribution in [-0.2, 0) is 11.2 Å². The summed E-state index contributed by atoms with van der Waals surface area (Å²) in [6.45, 7) is 3.79. The number of nitrogens with one attached hydrogen (secondary N) is 1. The van der Waals surface area contributed by atoms with Crippen LogP contribution in [0.3, 0.4) is 0 Å². The first-order valence-electron chi connectivity index (χ1n) is 9.22. The molecular formula is C21H23N3OS. The molecule has 1 fully saturated rings. The van der Waals surface area contributed by atoms with Crippen molar-refractivity contribution in [2.45, 2.75) is 26.2 Å². The molecule has 0 spiro atoms. The average Bonchev–Trinajstić information content (AvgIpc) is 3.17. The maximum Gasteiger partial charge on any atom is 0.229 e. The Morgan fingerprint density at radius 3 is 3.08 bits per heavy atom. The normalized spacial score (nSPS) is 17.4. The smallest absolute Gasteiger partial charge is 0.229 e. The molecule has 3 aromatic rings. The van der Waals surface area contributed by atoms with Crippen LogP contribution in [0.25, 0.3) is 10.1 Å². The number of aryl methyl sites for hydroxylation is 1. The predicted molar refractivity (Wildman–Crippen MR) is 109 cm³/mol. The number of benzene rings is 1. The van der Waals surface area contributed by atoms with E-state index in [1.807, 2.05) is 24.4 Å². The van der Waals surface area contributed by atoms with E-state index < -0.39 is 0 Å². The topological polar surface area (TPSA) is 45.2 Å². The zero-order valence-corrected chi connectivity index (χ0v) is 15.8. The van der Waals surface area contributed by atoms with Crippen LogP contribution in [0.5, 0.6) is 0 Å². The minimum Gasteiger partial charge on any atom is -0.355 e. The number of rotatable bonds is 4. The standard InChI is InChI=1S/C21H23N3OS/c1-2-15-6-3-4-8-18(15)23-21(25)16-7-5-12-24(14-16)20-17-10-13-26-19(17)9-11-22-20/h3-4,6,8-11,13,16H,2,5,7,12,14H2,1H3,(H,23,25). The first-order chi connectivity index (χ1) is 12.8. The van der Waals surface area contributed by atoms with Gasteiger partial charge in [-0.05, 0) is 48.4 Å². The number of para-hydroxylation sites is 1. The van der Waals surface area contributed by atoms with E-state index in [1.165, 1.54) is 15.6 Å². The number of piperidine rings is 1. The van der Waals surface area contributed by atoms with Gasteiger partial charge in [0.15, 0.2) is 0 Å².